The number of hydrogen-bond acceptors (Lipinski definition) is 3. The molecule has 0 aliphatic carbocycles. The Balaban J connectivity index is 1.71. The lowest BCUT2D eigenvalue weighted by Gasteiger charge is -2.24. The molecule has 3 rings (SSSR count). The summed E-state index contributed by atoms with van der Waals surface area (Å²) in [4.78, 5) is 28.0. The normalized spacial score (nSPS) is 24.0. The maximum absolute atomic E-state index is 12.6. The predicted molar refractivity (Wildman–Crippen MR) is 84.9 cm³/mol. The summed E-state index contributed by atoms with van der Waals surface area (Å²) in [7, 11) is 3.45. The van der Waals surface area contributed by atoms with Crippen LogP contribution in [0, 0.1) is 0 Å². The first-order valence-corrected chi connectivity index (χ1v) is 7.91. The second-order valence-corrected chi connectivity index (χ2v) is 6.45. The monoisotopic (exact) mass is 301 g/mol. The van der Waals surface area contributed by atoms with Gasteiger partial charge in [-0.2, -0.15) is 0 Å². The van der Waals surface area contributed by atoms with Crippen LogP contribution in [0.25, 0.3) is 0 Å². The van der Waals surface area contributed by atoms with Gasteiger partial charge >= 0.3 is 0 Å². The number of carbonyl (C=O) groups excluding carboxylic acids is 2. The summed E-state index contributed by atoms with van der Waals surface area (Å²) < 4.78 is 0. The maximum atomic E-state index is 12.6. The molecule has 2 fully saturated rings. The SMILES string of the molecule is CN(C)C(=O)c1ccc(C(=O)N2CCC3CCC(C2)N3)cc1. The molecule has 5 heteroatoms. The quantitative estimate of drug-likeness (QED) is 0.897. The van der Waals surface area contributed by atoms with Gasteiger partial charge < -0.3 is 15.1 Å². The molecule has 2 aliphatic heterocycles. The average Bonchev–Trinajstić information content (AvgIpc) is 2.85. The third kappa shape index (κ3) is 2.99. The fourth-order valence-electron chi connectivity index (χ4n) is 3.32. The zero-order chi connectivity index (χ0) is 15.7. The van der Waals surface area contributed by atoms with Crippen molar-refractivity contribution in [2.45, 2.75) is 31.3 Å². The second kappa shape index (κ2) is 6.08. The molecule has 2 bridgehead atoms. The van der Waals surface area contributed by atoms with Crippen LogP contribution in [0.5, 0.6) is 0 Å². The van der Waals surface area contributed by atoms with Crippen molar-refractivity contribution >= 4 is 11.8 Å². The van der Waals surface area contributed by atoms with E-state index in [4.69, 9.17) is 0 Å². The molecule has 2 aliphatic rings. The number of benzene rings is 1. The van der Waals surface area contributed by atoms with Gasteiger partial charge in [-0.25, -0.2) is 0 Å². The number of nitrogens with zero attached hydrogens (tertiary/aromatic N) is 2. The lowest BCUT2D eigenvalue weighted by atomic mass is 10.1. The van der Waals surface area contributed by atoms with Crippen LogP contribution in [-0.2, 0) is 0 Å². The van der Waals surface area contributed by atoms with Crippen molar-refractivity contribution in [3.8, 4) is 0 Å². The molecule has 2 heterocycles. The molecule has 2 amide bonds. The zero-order valence-corrected chi connectivity index (χ0v) is 13.2. The topological polar surface area (TPSA) is 52.7 Å². The van der Waals surface area contributed by atoms with E-state index in [9.17, 15) is 9.59 Å². The van der Waals surface area contributed by atoms with Crippen molar-refractivity contribution in [3.05, 3.63) is 35.4 Å². The molecule has 1 aromatic rings. The standard InChI is InChI=1S/C17H23N3O2/c1-19(2)16(21)12-3-5-13(6-4-12)17(22)20-10-9-14-7-8-15(11-20)18-14/h3-6,14-15,18H,7-11H2,1-2H3. The van der Waals surface area contributed by atoms with Crippen LogP contribution in [0.15, 0.2) is 24.3 Å². The maximum Gasteiger partial charge on any atom is 0.253 e. The summed E-state index contributed by atoms with van der Waals surface area (Å²) >= 11 is 0. The van der Waals surface area contributed by atoms with E-state index in [2.05, 4.69) is 5.32 Å². The molecular formula is C17H23N3O2. The smallest absolute Gasteiger partial charge is 0.253 e. The molecule has 1 aromatic carbocycles. The van der Waals surface area contributed by atoms with Gasteiger partial charge in [-0.05, 0) is 43.5 Å². The minimum atomic E-state index is -0.0460. The first kappa shape index (κ1) is 15.0. The highest BCUT2D eigenvalue weighted by Crippen LogP contribution is 2.21. The predicted octanol–water partition coefficient (Wildman–Crippen LogP) is 1.35. The Hall–Kier alpha value is -1.88. The Morgan fingerprint density at radius 3 is 2.36 bits per heavy atom. The molecule has 2 unspecified atom stereocenters. The van der Waals surface area contributed by atoms with Crippen LogP contribution < -0.4 is 5.32 Å². The van der Waals surface area contributed by atoms with E-state index >= 15 is 0 Å². The minimum absolute atomic E-state index is 0.0460. The average molecular weight is 301 g/mol. The van der Waals surface area contributed by atoms with Crippen LogP contribution in [0.3, 0.4) is 0 Å². The van der Waals surface area contributed by atoms with Crippen molar-refractivity contribution in [1.29, 1.82) is 0 Å². The molecule has 5 nitrogen and oxygen atoms in total. The van der Waals surface area contributed by atoms with Crippen LogP contribution in [0.2, 0.25) is 0 Å². The van der Waals surface area contributed by atoms with Crippen molar-refractivity contribution in [2.75, 3.05) is 27.2 Å². The van der Waals surface area contributed by atoms with Crippen molar-refractivity contribution in [1.82, 2.24) is 15.1 Å². The minimum Gasteiger partial charge on any atom is -0.345 e. The van der Waals surface area contributed by atoms with Crippen molar-refractivity contribution in [3.63, 3.8) is 0 Å². The van der Waals surface area contributed by atoms with Gasteiger partial charge in [0, 0.05) is 50.4 Å². The van der Waals surface area contributed by atoms with E-state index in [1.165, 1.54) is 11.3 Å². The Morgan fingerprint density at radius 2 is 1.68 bits per heavy atom. The van der Waals surface area contributed by atoms with Gasteiger partial charge in [-0.1, -0.05) is 0 Å². The van der Waals surface area contributed by atoms with E-state index in [0.717, 1.165) is 25.9 Å². The summed E-state index contributed by atoms with van der Waals surface area (Å²) in [5.41, 5.74) is 1.27. The Labute approximate surface area is 131 Å². The van der Waals surface area contributed by atoms with Crippen molar-refractivity contribution in [2.24, 2.45) is 0 Å². The highest BCUT2D eigenvalue weighted by molar-refractivity contribution is 5.97. The molecule has 0 aromatic heterocycles. The number of amides is 2. The summed E-state index contributed by atoms with van der Waals surface area (Å²) in [6.07, 6.45) is 3.41. The third-order valence-corrected chi connectivity index (χ3v) is 4.60. The van der Waals surface area contributed by atoms with E-state index in [1.54, 1.807) is 38.4 Å². The van der Waals surface area contributed by atoms with Crippen LogP contribution in [0.4, 0.5) is 0 Å². The number of fused-ring (bicyclic) bond motifs is 2. The fraction of sp³-hybridized carbons (Fsp3) is 0.529. The number of rotatable bonds is 2. The van der Waals surface area contributed by atoms with Gasteiger partial charge in [-0.3, -0.25) is 9.59 Å². The molecule has 0 spiro atoms. The van der Waals surface area contributed by atoms with Gasteiger partial charge in [0.25, 0.3) is 11.8 Å². The van der Waals surface area contributed by atoms with E-state index in [-0.39, 0.29) is 11.8 Å². The number of hydrogen-bond donors (Lipinski definition) is 1. The summed E-state index contributed by atoms with van der Waals surface area (Å²) in [5, 5.41) is 3.58. The summed E-state index contributed by atoms with van der Waals surface area (Å²) in [6.45, 7) is 1.60. The Morgan fingerprint density at radius 1 is 1.05 bits per heavy atom. The zero-order valence-electron chi connectivity index (χ0n) is 13.2. The molecule has 22 heavy (non-hydrogen) atoms. The summed E-state index contributed by atoms with van der Waals surface area (Å²) in [5.74, 6) is 0.0217. The van der Waals surface area contributed by atoms with Crippen molar-refractivity contribution < 1.29 is 9.59 Å². The third-order valence-electron chi connectivity index (χ3n) is 4.60. The van der Waals surface area contributed by atoms with E-state index < -0.39 is 0 Å². The molecule has 0 saturated carbocycles. The number of carbonyl (C=O) groups is 2. The molecule has 0 radical (unpaired) electrons. The van der Waals surface area contributed by atoms with E-state index in [1.807, 2.05) is 4.90 Å². The van der Waals surface area contributed by atoms with Gasteiger partial charge in [0.15, 0.2) is 0 Å². The highest BCUT2D eigenvalue weighted by atomic mass is 16.2. The Bertz CT molecular complexity index is 568. The highest BCUT2D eigenvalue weighted by Gasteiger charge is 2.31. The van der Waals surface area contributed by atoms with Crippen LogP contribution in [-0.4, -0.2) is 60.9 Å². The molecule has 1 N–H and O–H groups in total. The molecule has 2 atom stereocenters. The molecule has 2 saturated heterocycles. The van der Waals surface area contributed by atoms with E-state index in [0.29, 0.717) is 23.2 Å². The first-order valence-electron chi connectivity index (χ1n) is 7.91. The van der Waals surface area contributed by atoms with Gasteiger partial charge in [0.05, 0.1) is 0 Å². The molecule has 118 valence electrons. The largest absolute Gasteiger partial charge is 0.345 e. The van der Waals surface area contributed by atoms with Gasteiger partial charge in [-0.15, -0.1) is 0 Å². The van der Waals surface area contributed by atoms with Gasteiger partial charge in [0.1, 0.15) is 0 Å². The van der Waals surface area contributed by atoms with Gasteiger partial charge in [0.2, 0.25) is 0 Å². The first-order chi connectivity index (χ1) is 10.5. The summed E-state index contributed by atoms with van der Waals surface area (Å²) in [6, 6.07) is 8.00. The Kier molecular flexibility index (Phi) is 4.16. The van der Waals surface area contributed by atoms with Crippen LogP contribution in [0.1, 0.15) is 40.0 Å². The number of nitrogens with one attached hydrogen (secondary N) is 1. The van der Waals surface area contributed by atoms with Crippen LogP contribution >= 0.6 is 0 Å². The lowest BCUT2D eigenvalue weighted by Crippen LogP contribution is -2.39. The number of likely N-dealkylation sites (tertiary alicyclic amines) is 1. The fourth-order valence-corrected chi connectivity index (χ4v) is 3.32. The second-order valence-electron chi connectivity index (χ2n) is 6.45. The molecular weight excluding hydrogens is 278 g/mol. The lowest BCUT2D eigenvalue weighted by molar-refractivity contribution is 0.0746.